The number of hydrogen-bond donors (Lipinski definition) is 2. The van der Waals surface area contributed by atoms with E-state index in [4.69, 9.17) is 14.6 Å². The number of nitrogens with one attached hydrogen (secondary N) is 1. The predicted molar refractivity (Wildman–Crippen MR) is 119 cm³/mol. The van der Waals surface area contributed by atoms with Gasteiger partial charge in [0.25, 0.3) is 11.6 Å². The number of hydrogen-bond acceptors (Lipinski definition) is 7. The number of carboxylic acids is 1. The van der Waals surface area contributed by atoms with Crippen LogP contribution in [0.15, 0.2) is 71.8 Å². The van der Waals surface area contributed by atoms with Crippen molar-refractivity contribution in [3.05, 3.63) is 99.1 Å². The number of nitro groups is 1. The fourth-order valence-electron chi connectivity index (χ4n) is 2.83. The molecular weight excluding hydrogens is 430 g/mol. The summed E-state index contributed by atoms with van der Waals surface area (Å²) in [7, 11) is 1.47. The van der Waals surface area contributed by atoms with E-state index in [9.17, 15) is 19.7 Å². The van der Waals surface area contributed by atoms with Crippen molar-refractivity contribution in [2.24, 2.45) is 5.10 Å². The van der Waals surface area contributed by atoms with E-state index in [-0.39, 0.29) is 23.4 Å². The van der Waals surface area contributed by atoms with Gasteiger partial charge in [0.15, 0.2) is 11.5 Å². The molecule has 168 valence electrons. The maximum absolute atomic E-state index is 12.1. The quantitative estimate of drug-likeness (QED) is 0.289. The molecule has 3 aromatic rings. The fourth-order valence-corrected chi connectivity index (χ4v) is 2.83. The Bertz CT molecular complexity index is 1220. The lowest BCUT2D eigenvalue weighted by Gasteiger charge is -2.11. The average molecular weight is 449 g/mol. The minimum absolute atomic E-state index is 0.106. The lowest BCUT2D eigenvalue weighted by molar-refractivity contribution is -0.384. The van der Waals surface area contributed by atoms with Gasteiger partial charge in [-0.2, -0.15) is 5.10 Å². The van der Waals surface area contributed by atoms with Crippen molar-refractivity contribution in [2.45, 2.75) is 6.61 Å². The maximum Gasteiger partial charge on any atom is 0.335 e. The lowest BCUT2D eigenvalue weighted by Crippen LogP contribution is -2.17. The first kappa shape index (κ1) is 22.9. The van der Waals surface area contributed by atoms with E-state index in [0.717, 1.165) is 6.07 Å². The van der Waals surface area contributed by atoms with Crippen LogP contribution >= 0.6 is 0 Å². The zero-order valence-corrected chi connectivity index (χ0v) is 17.4. The summed E-state index contributed by atoms with van der Waals surface area (Å²) in [5, 5.41) is 23.8. The molecule has 0 aliphatic heterocycles. The largest absolute Gasteiger partial charge is 0.493 e. The number of hydrazone groups is 1. The molecule has 10 nitrogen and oxygen atoms in total. The molecular formula is C23H19N3O7. The van der Waals surface area contributed by atoms with Gasteiger partial charge in [0.1, 0.15) is 6.61 Å². The summed E-state index contributed by atoms with van der Waals surface area (Å²) in [5.41, 5.74) is 3.69. The second kappa shape index (κ2) is 10.5. The third kappa shape index (κ3) is 6.14. The first-order valence-electron chi connectivity index (χ1n) is 9.58. The fraction of sp³-hybridized carbons (Fsp3) is 0.0870. The van der Waals surface area contributed by atoms with Crippen molar-refractivity contribution in [1.29, 1.82) is 0 Å². The van der Waals surface area contributed by atoms with E-state index in [2.05, 4.69) is 10.5 Å². The number of aromatic carboxylic acids is 1. The molecule has 2 N–H and O–H groups in total. The number of rotatable bonds is 9. The van der Waals surface area contributed by atoms with E-state index >= 15 is 0 Å². The second-order valence-electron chi connectivity index (χ2n) is 6.71. The SMILES string of the molecule is COc1cc(/C=N\NC(=O)c2cccc([N+](=O)[O-])c2)ccc1OCc1cccc(C(=O)O)c1. The highest BCUT2D eigenvalue weighted by atomic mass is 16.6. The second-order valence-corrected chi connectivity index (χ2v) is 6.71. The Morgan fingerprint density at radius 2 is 1.82 bits per heavy atom. The summed E-state index contributed by atoms with van der Waals surface area (Å²) in [6.07, 6.45) is 1.39. The molecule has 1 amide bonds. The summed E-state index contributed by atoms with van der Waals surface area (Å²) in [4.78, 5) is 33.5. The van der Waals surface area contributed by atoms with Crippen LogP contribution in [0.3, 0.4) is 0 Å². The Labute approximate surface area is 188 Å². The zero-order valence-electron chi connectivity index (χ0n) is 17.4. The molecule has 0 fully saturated rings. The number of methoxy groups -OCH3 is 1. The molecule has 33 heavy (non-hydrogen) atoms. The standard InChI is InChI=1S/C23H19N3O7/c1-32-21-11-15(13-24-25-22(27)17-5-3-7-19(12-17)26(30)31)8-9-20(21)33-14-16-4-2-6-18(10-16)23(28)29/h2-13H,14H2,1H3,(H,25,27)(H,28,29)/b24-13-. The Balaban J connectivity index is 1.64. The molecule has 0 aliphatic rings. The molecule has 10 heteroatoms. The third-order valence-corrected chi connectivity index (χ3v) is 4.45. The first-order valence-corrected chi connectivity index (χ1v) is 9.58. The Hall–Kier alpha value is -4.73. The normalized spacial score (nSPS) is 10.6. The number of nitro benzene ring substituents is 1. The van der Waals surface area contributed by atoms with E-state index in [1.165, 1.54) is 43.7 Å². The molecule has 0 saturated heterocycles. The van der Waals surface area contributed by atoms with Crippen LogP contribution in [0, 0.1) is 10.1 Å². The molecule has 3 aromatic carbocycles. The highest BCUT2D eigenvalue weighted by Crippen LogP contribution is 2.28. The molecule has 0 radical (unpaired) electrons. The number of amides is 1. The van der Waals surface area contributed by atoms with Crippen molar-refractivity contribution in [3.63, 3.8) is 0 Å². The van der Waals surface area contributed by atoms with Gasteiger partial charge in [-0.1, -0.05) is 18.2 Å². The molecule has 0 aliphatic carbocycles. The van der Waals surface area contributed by atoms with Gasteiger partial charge >= 0.3 is 5.97 Å². The van der Waals surface area contributed by atoms with Gasteiger partial charge in [-0.05, 0) is 47.5 Å². The van der Waals surface area contributed by atoms with Gasteiger partial charge in [-0.3, -0.25) is 14.9 Å². The van der Waals surface area contributed by atoms with Crippen LogP contribution in [0.4, 0.5) is 5.69 Å². The van der Waals surface area contributed by atoms with E-state index in [1.54, 1.807) is 30.3 Å². The van der Waals surface area contributed by atoms with Crippen molar-refractivity contribution >= 4 is 23.8 Å². The van der Waals surface area contributed by atoms with Crippen molar-refractivity contribution < 1.29 is 29.1 Å². The number of carbonyl (C=O) groups is 2. The highest BCUT2D eigenvalue weighted by Gasteiger charge is 2.11. The lowest BCUT2D eigenvalue weighted by atomic mass is 10.1. The van der Waals surface area contributed by atoms with Gasteiger partial charge in [-0.15, -0.1) is 0 Å². The van der Waals surface area contributed by atoms with Crippen LogP contribution in [-0.4, -0.2) is 35.2 Å². The van der Waals surface area contributed by atoms with Gasteiger partial charge in [0.05, 0.1) is 23.8 Å². The van der Waals surface area contributed by atoms with Crippen LogP contribution in [0.5, 0.6) is 11.5 Å². The van der Waals surface area contributed by atoms with Crippen molar-refractivity contribution in [2.75, 3.05) is 7.11 Å². The van der Waals surface area contributed by atoms with Crippen LogP contribution in [0.25, 0.3) is 0 Å². The molecule has 0 atom stereocenters. The summed E-state index contributed by atoms with van der Waals surface area (Å²) >= 11 is 0. The number of carbonyl (C=O) groups excluding carboxylic acids is 1. The van der Waals surface area contributed by atoms with Gasteiger partial charge in [0.2, 0.25) is 0 Å². The summed E-state index contributed by atoms with van der Waals surface area (Å²) < 4.78 is 11.1. The highest BCUT2D eigenvalue weighted by molar-refractivity contribution is 5.95. The van der Waals surface area contributed by atoms with E-state index in [0.29, 0.717) is 22.6 Å². The molecule has 0 bridgehead atoms. The molecule has 0 unspecified atom stereocenters. The minimum atomic E-state index is -1.02. The Morgan fingerprint density at radius 1 is 1.06 bits per heavy atom. The molecule has 0 aromatic heterocycles. The van der Waals surface area contributed by atoms with E-state index < -0.39 is 16.8 Å². The molecule has 0 spiro atoms. The Kier molecular flexibility index (Phi) is 7.32. The van der Waals surface area contributed by atoms with Crippen LogP contribution < -0.4 is 14.9 Å². The third-order valence-electron chi connectivity index (χ3n) is 4.45. The maximum atomic E-state index is 12.1. The monoisotopic (exact) mass is 449 g/mol. The summed E-state index contributed by atoms with van der Waals surface area (Å²) in [6, 6.07) is 16.7. The van der Waals surface area contributed by atoms with Gasteiger partial charge < -0.3 is 14.6 Å². The summed E-state index contributed by atoms with van der Waals surface area (Å²) in [6.45, 7) is 0.143. The van der Waals surface area contributed by atoms with Gasteiger partial charge in [0, 0.05) is 17.7 Å². The van der Waals surface area contributed by atoms with Crippen molar-refractivity contribution in [3.8, 4) is 11.5 Å². The van der Waals surface area contributed by atoms with Gasteiger partial charge in [-0.25, -0.2) is 10.2 Å². The average Bonchev–Trinajstić information content (AvgIpc) is 2.83. The van der Waals surface area contributed by atoms with E-state index in [1.807, 2.05) is 0 Å². The van der Waals surface area contributed by atoms with Crippen LogP contribution in [0.1, 0.15) is 31.8 Å². The molecule has 3 rings (SSSR count). The number of ether oxygens (including phenoxy) is 2. The topological polar surface area (TPSA) is 140 Å². The minimum Gasteiger partial charge on any atom is -0.493 e. The number of carboxylic acid groups (broad SMARTS) is 1. The number of nitrogens with zero attached hydrogens (tertiary/aromatic N) is 2. The van der Waals surface area contributed by atoms with Crippen LogP contribution in [0.2, 0.25) is 0 Å². The zero-order chi connectivity index (χ0) is 23.8. The Morgan fingerprint density at radius 3 is 2.55 bits per heavy atom. The smallest absolute Gasteiger partial charge is 0.335 e. The first-order chi connectivity index (χ1) is 15.9. The molecule has 0 saturated carbocycles. The summed E-state index contributed by atoms with van der Waals surface area (Å²) in [5.74, 6) is -0.754. The van der Waals surface area contributed by atoms with Crippen molar-refractivity contribution in [1.82, 2.24) is 5.43 Å². The van der Waals surface area contributed by atoms with Crippen LogP contribution in [-0.2, 0) is 6.61 Å². The molecule has 0 heterocycles. The number of benzene rings is 3. The number of non-ortho nitro benzene ring substituents is 1. The predicted octanol–water partition coefficient (Wildman–Crippen LogP) is 3.64.